The fourth-order valence-electron chi connectivity index (χ4n) is 2.51. The van der Waals surface area contributed by atoms with Crippen LogP contribution in [0.15, 0.2) is 42.5 Å². The van der Waals surface area contributed by atoms with Gasteiger partial charge >= 0.3 is 5.97 Å². The summed E-state index contributed by atoms with van der Waals surface area (Å²) in [4.78, 5) is 24.2. The second-order valence-electron chi connectivity index (χ2n) is 5.73. The van der Waals surface area contributed by atoms with E-state index in [1.807, 2.05) is 19.1 Å². The van der Waals surface area contributed by atoms with Gasteiger partial charge in [0.15, 0.2) is 11.6 Å². The minimum atomic E-state index is -0.759. The molecule has 0 aliphatic rings. The quantitative estimate of drug-likeness (QED) is 0.789. The Kier molecular flexibility index (Phi) is 6.11. The van der Waals surface area contributed by atoms with Crippen LogP contribution in [0.1, 0.15) is 21.5 Å². The highest BCUT2D eigenvalue weighted by Gasteiger charge is 2.22. The van der Waals surface area contributed by atoms with E-state index in [4.69, 9.17) is 4.74 Å². The minimum absolute atomic E-state index is 0.0579. The maximum atomic E-state index is 13.5. The third-order valence-electron chi connectivity index (χ3n) is 3.93. The number of carbonyl (C=O) groups excluding carboxylic acids is 2. The van der Waals surface area contributed by atoms with Gasteiger partial charge < -0.3 is 15.2 Å². The van der Waals surface area contributed by atoms with Crippen LogP contribution in [0.4, 0.5) is 4.39 Å². The van der Waals surface area contributed by atoms with Crippen LogP contribution in [-0.2, 0) is 16.0 Å². The molecule has 5 nitrogen and oxygen atoms in total. The van der Waals surface area contributed by atoms with Crippen LogP contribution in [0.3, 0.4) is 0 Å². The largest absolute Gasteiger partial charge is 0.505 e. The molecule has 0 bridgehead atoms. The van der Waals surface area contributed by atoms with Crippen molar-refractivity contribution >= 4 is 11.9 Å². The van der Waals surface area contributed by atoms with E-state index < -0.39 is 23.5 Å². The van der Waals surface area contributed by atoms with E-state index >= 15 is 0 Å². The van der Waals surface area contributed by atoms with E-state index in [1.54, 1.807) is 12.1 Å². The average molecular weight is 345 g/mol. The third kappa shape index (κ3) is 4.79. The zero-order valence-corrected chi connectivity index (χ0v) is 14.1. The summed E-state index contributed by atoms with van der Waals surface area (Å²) in [5.74, 6) is -2.67. The lowest BCUT2D eigenvalue weighted by atomic mass is 9.98. The Morgan fingerprint density at radius 2 is 1.96 bits per heavy atom. The maximum Gasteiger partial charge on any atom is 0.310 e. The first kappa shape index (κ1) is 18.4. The number of hydrogen-bond acceptors (Lipinski definition) is 4. The molecule has 0 aromatic heterocycles. The molecule has 0 spiro atoms. The fraction of sp³-hybridized carbons (Fsp3) is 0.263. The third-order valence-corrected chi connectivity index (χ3v) is 3.93. The first-order valence-corrected chi connectivity index (χ1v) is 7.81. The molecule has 0 radical (unpaired) electrons. The van der Waals surface area contributed by atoms with E-state index in [9.17, 15) is 19.1 Å². The van der Waals surface area contributed by atoms with Gasteiger partial charge in [-0.15, -0.1) is 0 Å². The van der Waals surface area contributed by atoms with Crippen molar-refractivity contribution in [2.75, 3.05) is 13.7 Å². The zero-order valence-electron chi connectivity index (χ0n) is 14.1. The summed E-state index contributed by atoms with van der Waals surface area (Å²) in [5.41, 5.74) is 1.88. The molecular formula is C19H20FNO4. The Balaban J connectivity index is 2.07. The van der Waals surface area contributed by atoms with Crippen LogP contribution in [0.2, 0.25) is 0 Å². The van der Waals surface area contributed by atoms with Gasteiger partial charge in [0, 0.05) is 12.1 Å². The number of phenols is 1. The van der Waals surface area contributed by atoms with Gasteiger partial charge in [-0.05, 0) is 42.7 Å². The van der Waals surface area contributed by atoms with E-state index in [0.29, 0.717) is 11.1 Å². The van der Waals surface area contributed by atoms with Crippen LogP contribution in [0.5, 0.6) is 5.75 Å². The number of amides is 1. The van der Waals surface area contributed by atoms with Crippen molar-refractivity contribution in [2.24, 2.45) is 5.92 Å². The van der Waals surface area contributed by atoms with Crippen molar-refractivity contribution in [3.63, 3.8) is 0 Å². The molecule has 0 saturated carbocycles. The smallest absolute Gasteiger partial charge is 0.310 e. The predicted molar refractivity (Wildman–Crippen MR) is 90.8 cm³/mol. The Hall–Kier alpha value is -2.89. The molecule has 6 heteroatoms. The molecule has 0 unspecified atom stereocenters. The van der Waals surface area contributed by atoms with E-state index in [-0.39, 0.29) is 18.9 Å². The summed E-state index contributed by atoms with van der Waals surface area (Å²) in [6.45, 7) is 1.88. The minimum Gasteiger partial charge on any atom is -0.505 e. The number of rotatable bonds is 6. The highest BCUT2D eigenvalue weighted by Crippen LogP contribution is 2.19. The number of hydrogen-bond donors (Lipinski definition) is 2. The summed E-state index contributed by atoms with van der Waals surface area (Å²) in [7, 11) is 1.26. The number of nitrogens with one attached hydrogen (secondary N) is 1. The first-order chi connectivity index (χ1) is 11.9. The number of methoxy groups -OCH3 is 1. The SMILES string of the molecule is COC(=O)[C@@H](CNC(=O)c1ccccc1C)Cc1ccc(O)c(F)c1. The number of benzene rings is 2. The van der Waals surface area contributed by atoms with Gasteiger partial charge in [0.05, 0.1) is 13.0 Å². The molecule has 0 heterocycles. The topological polar surface area (TPSA) is 75.6 Å². The Morgan fingerprint density at radius 3 is 2.60 bits per heavy atom. The van der Waals surface area contributed by atoms with Gasteiger partial charge in [0.25, 0.3) is 5.91 Å². The monoisotopic (exact) mass is 345 g/mol. The first-order valence-electron chi connectivity index (χ1n) is 7.81. The van der Waals surface area contributed by atoms with Crippen LogP contribution < -0.4 is 5.32 Å². The molecule has 2 N–H and O–H groups in total. The second-order valence-corrected chi connectivity index (χ2v) is 5.73. The molecule has 0 aliphatic heterocycles. The van der Waals surface area contributed by atoms with Crippen LogP contribution >= 0.6 is 0 Å². The molecule has 2 aromatic carbocycles. The lowest BCUT2D eigenvalue weighted by Gasteiger charge is -2.16. The molecule has 0 aliphatic carbocycles. The Morgan fingerprint density at radius 1 is 1.24 bits per heavy atom. The second kappa shape index (κ2) is 8.28. The molecule has 132 valence electrons. The van der Waals surface area contributed by atoms with Crippen molar-refractivity contribution in [3.8, 4) is 5.75 Å². The normalized spacial score (nSPS) is 11.6. The predicted octanol–water partition coefficient (Wildman–Crippen LogP) is 2.60. The summed E-state index contributed by atoms with van der Waals surface area (Å²) in [6, 6.07) is 11.0. The van der Waals surface area contributed by atoms with Gasteiger partial charge in [0.2, 0.25) is 0 Å². The summed E-state index contributed by atoms with van der Waals surface area (Å²) < 4.78 is 18.2. The van der Waals surface area contributed by atoms with Gasteiger partial charge in [-0.2, -0.15) is 0 Å². The molecule has 2 aromatic rings. The number of phenolic OH excluding ortho intramolecular Hbond substituents is 1. The summed E-state index contributed by atoms with van der Waals surface area (Å²) >= 11 is 0. The molecule has 1 amide bonds. The number of esters is 1. The van der Waals surface area contributed by atoms with Crippen molar-refractivity contribution in [2.45, 2.75) is 13.3 Å². The van der Waals surface area contributed by atoms with Gasteiger partial charge in [-0.25, -0.2) is 4.39 Å². The standard InChI is InChI=1S/C19H20FNO4/c1-12-5-3-4-6-15(12)18(23)21-11-14(19(24)25-2)9-13-7-8-17(22)16(20)10-13/h3-8,10,14,22H,9,11H2,1-2H3,(H,21,23)/t14-/m1/s1. The van der Waals surface area contributed by atoms with Crippen LogP contribution in [0.25, 0.3) is 0 Å². The van der Waals surface area contributed by atoms with E-state index in [0.717, 1.165) is 11.6 Å². The molecule has 0 saturated heterocycles. The van der Waals surface area contributed by atoms with Crippen LogP contribution in [-0.4, -0.2) is 30.6 Å². The zero-order chi connectivity index (χ0) is 18.4. The molecule has 0 fully saturated rings. The number of aryl methyl sites for hydroxylation is 1. The highest BCUT2D eigenvalue weighted by molar-refractivity contribution is 5.95. The van der Waals surface area contributed by atoms with Crippen molar-refractivity contribution in [1.82, 2.24) is 5.32 Å². The van der Waals surface area contributed by atoms with Crippen molar-refractivity contribution < 1.29 is 23.8 Å². The summed E-state index contributed by atoms with van der Waals surface area (Å²) in [5, 5.41) is 12.0. The van der Waals surface area contributed by atoms with Gasteiger partial charge in [-0.1, -0.05) is 24.3 Å². The lowest BCUT2D eigenvalue weighted by molar-refractivity contribution is -0.145. The van der Waals surface area contributed by atoms with Crippen LogP contribution in [0, 0.1) is 18.7 Å². The van der Waals surface area contributed by atoms with Gasteiger partial charge in [0.1, 0.15) is 0 Å². The fourth-order valence-corrected chi connectivity index (χ4v) is 2.51. The molecule has 2 rings (SSSR count). The van der Waals surface area contributed by atoms with Crippen molar-refractivity contribution in [3.05, 3.63) is 65.0 Å². The number of aromatic hydroxyl groups is 1. The number of ether oxygens (including phenoxy) is 1. The molecule has 25 heavy (non-hydrogen) atoms. The maximum absolute atomic E-state index is 13.5. The van der Waals surface area contributed by atoms with E-state index in [2.05, 4.69) is 5.32 Å². The van der Waals surface area contributed by atoms with Crippen molar-refractivity contribution in [1.29, 1.82) is 0 Å². The number of carbonyl (C=O) groups is 2. The van der Waals surface area contributed by atoms with E-state index in [1.165, 1.54) is 19.2 Å². The summed E-state index contributed by atoms with van der Waals surface area (Å²) in [6.07, 6.45) is 0.178. The Bertz CT molecular complexity index is 776. The van der Waals surface area contributed by atoms with Gasteiger partial charge in [-0.3, -0.25) is 9.59 Å². The number of halogens is 1. The molecular weight excluding hydrogens is 325 g/mol. The highest BCUT2D eigenvalue weighted by atomic mass is 19.1. The molecule has 1 atom stereocenters. The average Bonchev–Trinajstić information content (AvgIpc) is 2.61. The Labute approximate surface area is 145 Å². The lowest BCUT2D eigenvalue weighted by Crippen LogP contribution is -2.35.